The summed E-state index contributed by atoms with van der Waals surface area (Å²) in [6.45, 7) is 4.16. The van der Waals surface area contributed by atoms with E-state index in [0.717, 1.165) is 37.1 Å². The van der Waals surface area contributed by atoms with E-state index in [1.54, 1.807) is 24.6 Å². The molecule has 3 heterocycles. The number of aryl methyl sites for hydroxylation is 2. The minimum atomic E-state index is -4.69. The zero-order valence-corrected chi connectivity index (χ0v) is 24.5. The summed E-state index contributed by atoms with van der Waals surface area (Å²) in [5.74, 6) is -3.27. The Balaban J connectivity index is 1.31. The fourth-order valence-electron chi connectivity index (χ4n) is 5.34. The molecule has 2 aromatic carbocycles. The van der Waals surface area contributed by atoms with Gasteiger partial charge in [0.1, 0.15) is 23.1 Å². The molecule has 0 radical (unpaired) electrons. The van der Waals surface area contributed by atoms with E-state index in [-0.39, 0.29) is 33.4 Å². The number of imidazole rings is 1. The van der Waals surface area contributed by atoms with Gasteiger partial charge < -0.3 is 19.6 Å². The Bertz CT molecular complexity index is 2010. The Morgan fingerprint density at radius 3 is 2.40 bits per heavy atom. The molecule has 12 heteroatoms. The van der Waals surface area contributed by atoms with Gasteiger partial charge in [-0.1, -0.05) is 12.1 Å². The molecular weight excluding hydrogens is 593 g/mol. The first-order valence-electron chi connectivity index (χ1n) is 14.2. The van der Waals surface area contributed by atoms with Crippen LogP contribution in [0, 0.1) is 18.6 Å². The van der Waals surface area contributed by atoms with Crippen molar-refractivity contribution in [1.82, 2.24) is 19.3 Å². The Hall–Kier alpha value is -4.84. The van der Waals surface area contributed by atoms with E-state index in [9.17, 15) is 31.5 Å². The molecule has 1 saturated carbocycles. The number of carbonyl (C=O) groups excluding carboxylic acids is 2. The molecule has 3 aromatic heterocycles. The van der Waals surface area contributed by atoms with Gasteiger partial charge in [-0.05, 0) is 74.7 Å². The average molecular weight is 622 g/mol. The van der Waals surface area contributed by atoms with E-state index in [4.69, 9.17) is 0 Å². The standard InChI is InChI=1S/C33H28F5N5O2/c1-18-40-25-16-21(22(33(36,37)38)17-28(25)42(18)3)20-6-5-13-43-26(20)8-9-27(43)31(45)19-14-23(34)30(24(35)15-19)41-29(44)7-4-12-39-32(2)10-11-32/h4-9,13-17,39H,10-12H2,1-3H3,(H,41,44)/b7-4+. The number of rotatable bonds is 8. The third-order valence-electron chi connectivity index (χ3n) is 8.23. The van der Waals surface area contributed by atoms with E-state index in [1.807, 2.05) is 0 Å². The predicted molar refractivity (Wildman–Crippen MR) is 160 cm³/mol. The van der Waals surface area contributed by atoms with E-state index >= 15 is 0 Å². The number of aromatic nitrogens is 3. The second-order valence-electron chi connectivity index (χ2n) is 11.5. The number of alkyl halides is 3. The first kappa shape index (κ1) is 30.2. The third-order valence-corrected chi connectivity index (χ3v) is 8.23. The van der Waals surface area contributed by atoms with E-state index in [2.05, 4.69) is 22.5 Å². The fraction of sp³-hybridized carbons (Fsp3) is 0.242. The molecule has 1 amide bonds. The van der Waals surface area contributed by atoms with Crippen LogP contribution in [0.1, 0.15) is 47.2 Å². The van der Waals surface area contributed by atoms with E-state index in [1.165, 1.54) is 40.9 Å². The van der Waals surface area contributed by atoms with Gasteiger partial charge in [0.05, 0.1) is 27.8 Å². The smallest absolute Gasteiger partial charge is 0.331 e. The van der Waals surface area contributed by atoms with Crippen LogP contribution in [0.5, 0.6) is 0 Å². The Labute approximate surface area is 254 Å². The monoisotopic (exact) mass is 621 g/mol. The summed E-state index contributed by atoms with van der Waals surface area (Å²) in [5, 5.41) is 5.41. The van der Waals surface area contributed by atoms with Gasteiger partial charge in [0.25, 0.3) is 0 Å². The Kier molecular flexibility index (Phi) is 7.35. The number of amides is 1. The molecule has 0 bridgehead atoms. The number of nitrogens with one attached hydrogen (secondary N) is 2. The highest BCUT2D eigenvalue weighted by Gasteiger charge is 2.36. The number of hydrogen-bond acceptors (Lipinski definition) is 4. The second-order valence-corrected chi connectivity index (χ2v) is 11.5. The molecular formula is C33H28F5N5O2. The van der Waals surface area contributed by atoms with Gasteiger partial charge in [0, 0.05) is 42.5 Å². The van der Waals surface area contributed by atoms with Crippen LogP contribution in [-0.2, 0) is 18.0 Å². The average Bonchev–Trinajstić information content (AvgIpc) is 3.44. The molecule has 232 valence electrons. The van der Waals surface area contributed by atoms with Crippen LogP contribution in [0.25, 0.3) is 27.7 Å². The maximum atomic E-state index is 15.0. The molecule has 0 aliphatic heterocycles. The van der Waals surface area contributed by atoms with Crippen molar-refractivity contribution < 1.29 is 31.5 Å². The number of ketones is 1. The van der Waals surface area contributed by atoms with Crippen molar-refractivity contribution in [3.8, 4) is 11.1 Å². The van der Waals surface area contributed by atoms with Crippen molar-refractivity contribution in [3.63, 3.8) is 0 Å². The van der Waals surface area contributed by atoms with Crippen LogP contribution in [0.15, 0.2) is 66.9 Å². The summed E-state index contributed by atoms with van der Waals surface area (Å²) in [6.07, 6.45) is 1.58. The fourth-order valence-corrected chi connectivity index (χ4v) is 5.34. The molecule has 0 saturated heterocycles. The number of anilines is 1. The normalized spacial score (nSPS) is 14.5. The molecule has 45 heavy (non-hydrogen) atoms. The first-order valence-corrected chi connectivity index (χ1v) is 14.2. The lowest BCUT2D eigenvalue weighted by Crippen LogP contribution is -2.27. The zero-order valence-electron chi connectivity index (χ0n) is 24.5. The van der Waals surface area contributed by atoms with Crippen LogP contribution in [0.3, 0.4) is 0 Å². The Morgan fingerprint density at radius 2 is 1.73 bits per heavy atom. The number of pyridine rings is 1. The molecule has 5 aromatic rings. The molecule has 1 fully saturated rings. The van der Waals surface area contributed by atoms with Crippen LogP contribution in [0.4, 0.5) is 27.6 Å². The number of benzene rings is 2. The molecule has 1 aliphatic rings. The molecule has 6 rings (SSSR count). The van der Waals surface area contributed by atoms with Gasteiger partial charge >= 0.3 is 6.18 Å². The summed E-state index contributed by atoms with van der Waals surface area (Å²) in [5.41, 5.74) is -0.831. The topological polar surface area (TPSA) is 80.4 Å². The summed E-state index contributed by atoms with van der Waals surface area (Å²) in [4.78, 5) is 30.1. The van der Waals surface area contributed by atoms with Crippen molar-refractivity contribution in [2.45, 2.75) is 38.4 Å². The van der Waals surface area contributed by atoms with Crippen LogP contribution < -0.4 is 10.6 Å². The number of carbonyl (C=O) groups is 2. The number of fused-ring (bicyclic) bond motifs is 2. The van der Waals surface area contributed by atoms with Crippen molar-refractivity contribution >= 4 is 33.9 Å². The number of nitrogens with zero attached hydrogens (tertiary/aromatic N) is 3. The summed E-state index contributed by atoms with van der Waals surface area (Å²) in [7, 11) is 1.63. The Morgan fingerprint density at radius 1 is 1.02 bits per heavy atom. The lowest BCUT2D eigenvalue weighted by Gasteiger charge is -2.15. The van der Waals surface area contributed by atoms with Crippen molar-refractivity contribution in [1.29, 1.82) is 0 Å². The minimum absolute atomic E-state index is 0.0226. The van der Waals surface area contributed by atoms with Crippen LogP contribution in [0.2, 0.25) is 0 Å². The minimum Gasteiger partial charge on any atom is -0.331 e. The van der Waals surface area contributed by atoms with Gasteiger partial charge in [0.2, 0.25) is 11.7 Å². The van der Waals surface area contributed by atoms with Crippen molar-refractivity contribution in [3.05, 3.63) is 101 Å². The SMILES string of the molecule is Cc1nc2cc(-c3cccn4c(C(=O)c5cc(F)c(NC(=O)/C=C/CNC6(C)CC6)c(F)c5)ccc34)c(C(F)(F)F)cc2n1C. The maximum absolute atomic E-state index is 15.0. The molecule has 0 spiro atoms. The van der Waals surface area contributed by atoms with Crippen molar-refractivity contribution in [2.24, 2.45) is 7.05 Å². The van der Waals surface area contributed by atoms with Gasteiger partial charge in [-0.15, -0.1) is 0 Å². The van der Waals surface area contributed by atoms with Gasteiger partial charge in [-0.3, -0.25) is 9.59 Å². The van der Waals surface area contributed by atoms with Gasteiger partial charge in [-0.2, -0.15) is 13.2 Å². The zero-order chi connectivity index (χ0) is 32.3. The van der Waals surface area contributed by atoms with Crippen LogP contribution >= 0.6 is 0 Å². The van der Waals surface area contributed by atoms with E-state index in [0.29, 0.717) is 23.4 Å². The second kappa shape index (κ2) is 11.0. The molecule has 0 atom stereocenters. The van der Waals surface area contributed by atoms with Gasteiger partial charge in [0.15, 0.2) is 0 Å². The molecule has 1 aliphatic carbocycles. The highest BCUT2D eigenvalue weighted by atomic mass is 19.4. The van der Waals surface area contributed by atoms with Crippen molar-refractivity contribution in [2.75, 3.05) is 11.9 Å². The summed E-state index contributed by atoms with van der Waals surface area (Å²) < 4.78 is 75.7. The highest BCUT2D eigenvalue weighted by Crippen LogP contribution is 2.41. The third kappa shape index (κ3) is 5.73. The molecule has 0 unspecified atom stereocenters. The lowest BCUT2D eigenvalue weighted by atomic mass is 9.98. The summed E-state index contributed by atoms with van der Waals surface area (Å²) in [6, 6.07) is 9.88. The predicted octanol–water partition coefficient (Wildman–Crippen LogP) is 6.97. The quantitative estimate of drug-likeness (QED) is 0.112. The van der Waals surface area contributed by atoms with Crippen LogP contribution in [-0.4, -0.2) is 37.7 Å². The summed E-state index contributed by atoms with van der Waals surface area (Å²) >= 11 is 0. The molecule has 2 N–H and O–H groups in total. The number of halogens is 5. The number of hydrogen-bond donors (Lipinski definition) is 2. The largest absolute Gasteiger partial charge is 0.417 e. The highest BCUT2D eigenvalue weighted by molar-refractivity contribution is 6.09. The van der Waals surface area contributed by atoms with Gasteiger partial charge in [-0.25, -0.2) is 13.8 Å². The first-order chi connectivity index (χ1) is 21.3. The lowest BCUT2D eigenvalue weighted by molar-refractivity contribution is -0.137. The maximum Gasteiger partial charge on any atom is 0.417 e. The van der Waals surface area contributed by atoms with E-state index < -0.39 is 40.8 Å². The molecule has 7 nitrogen and oxygen atoms in total.